The van der Waals surface area contributed by atoms with E-state index in [1.165, 1.54) is 0 Å². The SMILES string of the molecule is Cc1ccc(Cl)cc1CNC(=O)N1CC[C@H]2OCCN(C)[C@@H]2C1. The number of ether oxygens (including phenoxy) is 1. The number of nitrogens with one attached hydrogen (secondary N) is 1. The molecule has 0 radical (unpaired) electrons. The second-order valence-corrected chi connectivity index (χ2v) is 6.86. The number of nitrogens with zero attached hydrogens (tertiary/aromatic N) is 2. The highest BCUT2D eigenvalue weighted by Crippen LogP contribution is 2.22. The molecule has 2 amide bonds. The van der Waals surface area contributed by atoms with Gasteiger partial charge < -0.3 is 15.0 Å². The number of likely N-dealkylation sites (N-methyl/N-ethyl adjacent to an activating group) is 1. The number of fused-ring (bicyclic) bond motifs is 1. The molecule has 0 spiro atoms. The number of halogens is 1. The fourth-order valence-electron chi connectivity index (χ4n) is 3.34. The van der Waals surface area contributed by atoms with Crippen molar-refractivity contribution in [2.45, 2.75) is 32.0 Å². The summed E-state index contributed by atoms with van der Waals surface area (Å²) < 4.78 is 5.82. The smallest absolute Gasteiger partial charge is 0.317 e. The number of morpholine rings is 1. The van der Waals surface area contributed by atoms with E-state index < -0.39 is 0 Å². The molecule has 1 aromatic rings. The summed E-state index contributed by atoms with van der Waals surface area (Å²) in [5.41, 5.74) is 2.19. The van der Waals surface area contributed by atoms with Crippen molar-refractivity contribution < 1.29 is 9.53 Å². The quantitative estimate of drug-likeness (QED) is 0.900. The topological polar surface area (TPSA) is 44.8 Å². The molecule has 1 N–H and O–H groups in total. The van der Waals surface area contributed by atoms with Gasteiger partial charge in [-0.2, -0.15) is 0 Å². The van der Waals surface area contributed by atoms with E-state index in [1.54, 1.807) is 0 Å². The lowest BCUT2D eigenvalue weighted by molar-refractivity contribution is -0.0881. The predicted molar refractivity (Wildman–Crippen MR) is 90.8 cm³/mol. The number of likely N-dealkylation sites (tertiary alicyclic amines) is 1. The molecule has 0 saturated carbocycles. The molecular weight excluding hydrogens is 314 g/mol. The highest BCUT2D eigenvalue weighted by Gasteiger charge is 2.36. The largest absolute Gasteiger partial charge is 0.375 e. The molecule has 2 atom stereocenters. The summed E-state index contributed by atoms with van der Waals surface area (Å²) in [7, 11) is 2.11. The molecule has 2 fully saturated rings. The fraction of sp³-hybridized carbons (Fsp3) is 0.588. The molecule has 2 saturated heterocycles. The van der Waals surface area contributed by atoms with Crippen LogP contribution in [-0.2, 0) is 11.3 Å². The Morgan fingerprint density at radius 1 is 1.43 bits per heavy atom. The Bertz CT molecular complexity index is 581. The van der Waals surface area contributed by atoms with Crippen LogP contribution in [-0.4, -0.2) is 61.3 Å². The van der Waals surface area contributed by atoms with E-state index in [2.05, 4.69) is 17.3 Å². The Kier molecular flexibility index (Phi) is 5.09. The Balaban J connectivity index is 1.57. The van der Waals surface area contributed by atoms with Crippen LogP contribution in [0.2, 0.25) is 5.02 Å². The van der Waals surface area contributed by atoms with Gasteiger partial charge in [-0.15, -0.1) is 0 Å². The van der Waals surface area contributed by atoms with Gasteiger partial charge in [-0.05, 0) is 43.7 Å². The van der Waals surface area contributed by atoms with E-state index in [0.29, 0.717) is 17.6 Å². The maximum atomic E-state index is 12.5. The second-order valence-electron chi connectivity index (χ2n) is 6.42. The molecule has 2 aliphatic rings. The first-order chi connectivity index (χ1) is 11.0. The average Bonchev–Trinajstić information content (AvgIpc) is 2.55. The summed E-state index contributed by atoms with van der Waals surface area (Å²) in [5, 5.41) is 3.71. The fourth-order valence-corrected chi connectivity index (χ4v) is 3.53. The summed E-state index contributed by atoms with van der Waals surface area (Å²) >= 11 is 6.03. The molecule has 0 aromatic heterocycles. The van der Waals surface area contributed by atoms with Crippen molar-refractivity contribution in [1.82, 2.24) is 15.1 Å². The van der Waals surface area contributed by atoms with Gasteiger partial charge in [0.1, 0.15) is 0 Å². The molecule has 2 aliphatic heterocycles. The zero-order chi connectivity index (χ0) is 16.4. The highest BCUT2D eigenvalue weighted by atomic mass is 35.5. The molecule has 126 valence electrons. The molecule has 0 bridgehead atoms. The van der Waals surface area contributed by atoms with Gasteiger partial charge in [0.25, 0.3) is 0 Å². The van der Waals surface area contributed by atoms with Crippen molar-refractivity contribution in [3.05, 3.63) is 34.3 Å². The number of amides is 2. The highest BCUT2D eigenvalue weighted by molar-refractivity contribution is 6.30. The minimum Gasteiger partial charge on any atom is -0.375 e. The number of carbonyl (C=O) groups is 1. The predicted octanol–water partition coefficient (Wildman–Crippen LogP) is 2.26. The minimum absolute atomic E-state index is 0.0122. The summed E-state index contributed by atoms with van der Waals surface area (Å²) in [6.07, 6.45) is 1.16. The molecule has 0 unspecified atom stereocenters. The zero-order valence-electron chi connectivity index (χ0n) is 13.7. The van der Waals surface area contributed by atoms with Crippen LogP contribution in [0.1, 0.15) is 17.5 Å². The molecule has 2 heterocycles. The van der Waals surface area contributed by atoms with Crippen LogP contribution in [0.5, 0.6) is 0 Å². The molecule has 3 rings (SSSR count). The van der Waals surface area contributed by atoms with Crippen LogP contribution in [0, 0.1) is 6.92 Å². The van der Waals surface area contributed by atoms with Crippen molar-refractivity contribution in [3.8, 4) is 0 Å². The second kappa shape index (κ2) is 7.07. The van der Waals surface area contributed by atoms with Gasteiger partial charge in [0.2, 0.25) is 0 Å². The van der Waals surface area contributed by atoms with Crippen LogP contribution in [0.3, 0.4) is 0 Å². The lowest BCUT2D eigenvalue weighted by Gasteiger charge is -2.45. The number of hydrogen-bond donors (Lipinski definition) is 1. The van der Waals surface area contributed by atoms with Crippen LogP contribution < -0.4 is 5.32 Å². The monoisotopic (exact) mass is 337 g/mol. The average molecular weight is 338 g/mol. The lowest BCUT2D eigenvalue weighted by atomic mass is 9.99. The molecule has 6 heteroatoms. The molecule has 0 aliphatic carbocycles. The molecule has 23 heavy (non-hydrogen) atoms. The number of carbonyl (C=O) groups excluding carboxylic acids is 1. The maximum absolute atomic E-state index is 12.5. The van der Waals surface area contributed by atoms with Gasteiger partial charge in [-0.25, -0.2) is 4.79 Å². The van der Waals surface area contributed by atoms with Gasteiger partial charge in [0, 0.05) is 31.2 Å². The first kappa shape index (κ1) is 16.6. The van der Waals surface area contributed by atoms with Crippen LogP contribution in [0.4, 0.5) is 4.79 Å². The van der Waals surface area contributed by atoms with Crippen LogP contribution in [0.15, 0.2) is 18.2 Å². The first-order valence-electron chi connectivity index (χ1n) is 8.14. The number of urea groups is 1. The molecule has 1 aromatic carbocycles. The first-order valence-corrected chi connectivity index (χ1v) is 8.52. The number of benzene rings is 1. The van der Waals surface area contributed by atoms with Gasteiger partial charge in [0.15, 0.2) is 0 Å². The van der Waals surface area contributed by atoms with Gasteiger partial charge in [-0.1, -0.05) is 17.7 Å². The van der Waals surface area contributed by atoms with Crippen molar-refractivity contribution >= 4 is 17.6 Å². The van der Waals surface area contributed by atoms with Crippen LogP contribution in [0.25, 0.3) is 0 Å². The summed E-state index contributed by atoms with van der Waals surface area (Å²) in [6.45, 7) is 5.72. The van der Waals surface area contributed by atoms with Gasteiger partial charge >= 0.3 is 6.03 Å². The van der Waals surface area contributed by atoms with Crippen LogP contribution >= 0.6 is 11.6 Å². The van der Waals surface area contributed by atoms with Gasteiger partial charge in [-0.3, -0.25) is 4.90 Å². The number of aryl methyl sites for hydroxylation is 1. The lowest BCUT2D eigenvalue weighted by Crippen LogP contribution is -2.60. The van der Waals surface area contributed by atoms with Crippen molar-refractivity contribution in [3.63, 3.8) is 0 Å². The Morgan fingerprint density at radius 2 is 2.26 bits per heavy atom. The van der Waals surface area contributed by atoms with E-state index in [4.69, 9.17) is 16.3 Å². The molecule has 5 nitrogen and oxygen atoms in total. The number of piperidine rings is 1. The standard InChI is InChI=1S/C17H24ClN3O2/c1-12-3-4-14(18)9-13(12)10-19-17(22)21-6-5-16-15(11-21)20(2)7-8-23-16/h3-4,9,15-16H,5-8,10-11H2,1-2H3,(H,19,22)/t15-,16-/m1/s1. The zero-order valence-corrected chi connectivity index (χ0v) is 14.5. The van der Waals surface area contributed by atoms with E-state index in [1.807, 2.05) is 30.0 Å². The normalized spacial score (nSPS) is 25.1. The van der Waals surface area contributed by atoms with E-state index in [9.17, 15) is 4.79 Å². The van der Waals surface area contributed by atoms with Crippen molar-refractivity contribution in [2.75, 3.05) is 33.3 Å². The Morgan fingerprint density at radius 3 is 3.09 bits per heavy atom. The number of hydrogen-bond acceptors (Lipinski definition) is 3. The summed E-state index contributed by atoms with van der Waals surface area (Å²) in [5.74, 6) is 0. The number of rotatable bonds is 2. The summed E-state index contributed by atoms with van der Waals surface area (Å²) in [6, 6.07) is 6.04. The van der Waals surface area contributed by atoms with Gasteiger partial charge in [0.05, 0.1) is 18.8 Å². The minimum atomic E-state index is -0.0122. The molecular formula is C17H24ClN3O2. The maximum Gasteiger partial charge on any atom is 0.317 e. The van der Waals surface area contributed by atoms with E-state index in [0.717, 1.165) is 43.8 Å². The van der Waals surface area contributed by atoms with E-state index >= 15 is 0 Å². The van der Waals surface area contributed by atoms with E-state index in [-0.39, 0.29) is 12.1 Å². The van der Waals surface area contributed by atoms with Crippen molar-refractivity contribution in [2.24, 2.45) is 0 Å². The summed E-state index contributed by atoms with van der Waals surface area (Å²) in [4.78, 5) is 16.7. The Labute approximate surface area is 142 Å². The third kappa shape index (κ3) is 3.79. The van der Waals surface area contributed by atoms with Crippen molar-refractivity contribution in [1.29, 1.82) is 0 Å². The Hall–Kier alpha value is -1.30. The third-order valence-corrected chi connectivity index (χ3v) is 5.13. The third-order valence-electron chi connectivity index (χ3n) is 4.89.